The smallest absolute Gasteiger partial charge is 0.276 e. The maximum absolute atomic E-state index is 11.8. The van der Waals surface area contributed by atoms with Crippen LogP contribution in [0.5, 0.6) is 0 Å². The number of carbonyl (C=O) groups excluding carboxylic acids is 1. The van der Waals surface area contributed by atoms with E-state index in [0.717, 1.165) is 5.01 Å². The van der Waals surface area contributed by atoms with E-state index in [1.54, 1.807) is 29.4 Å². The van der Waals surface area contributed by atoms with Crippen LogP contribution in [0.3, 0.4) is 0 Å². The Hall–Kier alpha value is -1.73. The molecule has 17 heavy (non-hydrogen) atoms. The standard InChI is InChI=1S/C10H13N5OS/c1-15-5-3-8(14-15)13-10(16)7-6-17-9(12-7)2-4-11/h3,5-6H,2,4,11H2,1H3,(H,13,14,16). The van der Waals surface area contributed by atoms with Crippen molar-refractivity contribution in [2.24, 2.45) is 12.8 Å². The first-order valence-electron chi connectivity index (χ1n) is 5.14. The van der Waals surface area contributed by atoms with E-state index in [0.29, 0.717) is 24.5 Å². The third-order valence-corrected chi connectivity index (χ3v) is 3.01. The predicted octanol–water partition coefficient (Wildman–Crippen LogP) is 0.630. The zero-order chi connectivity index (χ0) is 12.3. The fraction of sp³-hybridized carbons (Fsp3) is 0.300. The Balaban J connectivity index is 2.03. The summed E-state index contributed by atoms with van der Waals surface area (Å²) in [4.78, 5) is 16.0. The molecular formula is C10H13N5OS. The molecule has 3 N–H and O–H groups in total. The topological polar surface area (TPSA) is 85.8 Å². The molecule has 0 atom stereocenters. The zero-order valence-corrected chi connectivity index (χ0v) is 10.2. The van der Waals surface area contributed by atoms with E-state index in [4.69, 9.17) is 5.73 Å². The highest BCUT2D eigenvalue weighted by molar-refractivity contribution is 7.09. The summed E-state index contributed by atoms with van der Waals surface area (Å²) in [6.07, 6.45) is 2.46. The highest BCUT2D eigenvalue weighted by Crippen LogP contribution is 2.11. The number of hydrogen-bond acceptors (Lipinski definition) is 5. The molecule has 0 aliphatic heterocycles. The first-order valence-corrected chi connectivity index (χ1v) is 6.02. The summed E-state index contributed by atoms with van der Waals surface area (Å²) in [6.45, 7) is 0.537. The van der Waals surface area contributed by atoms with Gasteiger partial charge in [0.15, 0.2) is 5.82 Å². The Kier molecular flexibility index (Phi) is 3.50. The van der Waals surface area contributed by atoms with E-state index in [9.17, 15) is 4.79 Å². The summed E-state index contributed by atoms with van der Waals surface area (Å²) in [5.41, 5.74) is 5.83. The Bertz CT molecular complexity index is 518. The maximum Gasteiger partial charge on any atom is 0.276 e. The average Bonchev–Trinajstić information content (AvgIpc) is 2.88. The van der Waals surface area contributed by atoms with Gasteiger partial charge in [0.1, 0.15) is 5.69 Å². The van der Waals surface area contributed by atoms with Crippen molar-refractivity contribution in [2.45, 2.75) is 6.42 Å². The monoisotopic (exact) mass is 251 g/mol. The molecule has 0 bridgehead atoms. The van der Waals surface area contributed by atoms with Gasteiger partial charge in [0.05, 0.1) is 5.01 Å². The summed E-state index contributed by atoms with van der Waals surface area (Å²) < 4.78 is 1.62. The molecule has 0 saturated carbocycles. The van der Waals surface area contributed by atoms with Crippen molar-refractivity contribution in [3.63, 3.8) is 0 Å². The van der Waals surface area contributed by atoms with Crippen LogP contribution in [0.25, 0.3) is 0 Å². The zero-order valence-electron chi connectivity index (χ0n) is 9.38. The largest absolute Gasteiger partial charge is 0.330 e. The molecule has 2 aromatic rings. The average molecular weight is 251 g/mol. The lowest BCUT2D eigenvalue weighted by Gasteiger charge is -1.97. The number of aromatic nitrogens is 3. The van der Waals surface area contributed by atoms with Gasteiger partial charge in [-0.15, -0.1) is 11.3 Å². The second-order valence-electron chi connectivity index (χ2n) is 3.49. The van der Waals surface area contributed by atoms with E-state index in [-0.39, 0.29) is 5.91 Å². The van der Waals surface area contributed by atoms with E-state index in [1.165, 1.54) is 11.3 Å². The number of nitrogens with two attached hydrogens (primary N) is 1. The molecule has 0 fully saturated rings. The van der Waals surface area contributed by atoms with Crippen molar-refractivity contribution in [1.29, 1.82) is 0 Å². The molecule has 2 heterocycles. The van der Waals surface area contributed by atoms with Crippen molar-refractivity contribution in [2.75, 3.05) is 11.9 Å². The number of rotatable bonds is 4. The van der Waals surface area contributed by atoms with Crippen molar-refractivity contribution >= 4 is 23.1 Å². The normalized spacial score (nSPS) is 10.5. The molecular weight excluding hydrogens is 238 g/mol. The van der Waals surface area contributed by atoms with Gasteiger partial charge in [-0.1, -0.05) is 0 Å². The van der Waals surface area contributed by atoms with Crippen LogP contribution in [0.4, 0.5) is 5.82 Å². The lowest BCUT2D eigenvalue weighted by Crippen LogP contribution is -2.13. The highest BCUT2D eigenvalue weighted by Gasteiger charge is 2.11. The van der Waals surface area contributed by atoms with E-state index in [2.05, 4.69) is 15.4 Å². The van der Waals surface area contributed by atoms with Gasteiger partial charge in [-0.2, -0.15) is 5.10 Å². The lowest BCUT2D eigenvalue weighted by atomic mass is 10.4. The molecule has 0 aliphatic rings. The third-order valence-electron chi connectivity index (χ3n) is 2.10. The van der Waals surface area contributed by atoms with Gasteiger partial charge < -0.3 is 11.1 Å². The first kappa shape index (κ1) is 11.7. The van der Waals surface area contributed by atoms with Gasteiger partial charge in [-0.25, -0.2) is 4.98 Å². The molecule has 0 radical (unpaired) electrons. The number of anilines is 1. The number of amides is 1. The Morgan fingerprint density at radius 1 is 1.65 bits per heavy atom. The van der Waals surface area contributed by atoms with Crippen LogP contribution in [0, 0.1) is 0 Å². The molecule has 6 nitrogen and oxygen atoms in total. The minimum Gasteiger partial charge on any atom is -0.330 e. The second-order valence-corrected chi connectivity index (χ2v) is 4.44. The molecule has 0 aromatic carbocycles. The Labute approximate surface area is 102 Å². The van der Waals surface area contributed by atoms with Gasteiger partial charge in [0.25, 0.3) is 5.91 Å². The molecule has 2 aromatic heterocycles. The van der Waals surface area contributed by atoms with Gasteiger partial charge in [-0.3, -0.25) is 9.48 Å². The van der Waals surface area contributed by atoms with Gasteiger partial charge >= 0.3 is 0 Å². The van der Waals surface area contributed by atoms with Crippen molar-refractivity contribution in [1.82, 2.24) is 14.8 Å². The number of carbonyl (C=O) groups is 1. The van der Waals surface area contributed by atoms with Crippen LogP contribution in [0.15, 0.2) is 17.6 Å². The third kappa shape index (κ3) is 2.89. The molecule has 1 amide bonds. The van der Waals surface area contributed by atoms with Crippen LogP contribution in [0.1, 0.15) is 15.5 Å². The summed E-state index contributed by atoms with van der Waals surface area (Å²) in [7, 11) is 1.79. The number of thiazole rings is 1. The van der Waals surface area contributed by atoms with Crippen molar-refractivity contribution < 1.29 is 4.79 Å². The molecule has 0 aliphatic carbocycles. The fourth-order valence-corrected chi connectivity index (χ4v) is 2.11. The number of nitrogens with zero attached hydrogens (tertiary/aromatic N) is 3. The van der Waals surface area contributed by atoms with Crippen LogP contribution < -0.4 is 11.1 Å². The minimum atomic E-state index is -0.247. The SMILES string of the molecule is Cn1ccc(NC(=O)c2csc(CCN)n2)n1. The van der Waals surface area contributed by atoms with Crippen LogP contribution in [-0.4, -0.2) is 27.2 Å². The second kappa shape index (κ2) is 5.07. The van der Waals surface area contributed by atoms with E-state index in [1.807, 2.05) is 0 Å². The number of hydrogen-bond donors (Lipinski definition) is 2. The quantitative estimate of drug-likeness (QED) is 0.834. The predicted molar refractivity (Wildman–Crippen MR) is 66.0 cm³/mol. The van der Waals surface area contributed by atoms with Crippen molar-refractivity contribution in [3.05, 3.63) is 28.3 Å². The fourth-order valence-electron chi connectivity index (χ4n) is 1.32. The number of aryl methyl sites for hydroxylation is 1. The first-order chi connectivity index (χ1) is 8.19. The van der Waals surface area contributed by atoms with Crippen LogP contribution in [-0.2, 0) is 13.5 Å². The molecule has 90 valence electrons. The Morgan fingerprint density at radius 2 is 2.47 bits per heavy atom. The highest BCUT2D eigenvalue weighted by atomic mass is 32.1. The Morgan fingerprint density at radius 3 is 3.12 bits per heavy atom. The molecule has 2 rings (SSSR count). The van der Waals surface area contributed by atoms with Crippen molar-refractivity contribution in [3.8, 4) is 0 Å². The lowest BCUT2D eigenvalue weighted by molar-refractivity contribution is 0.102. The van der Waals surface area contributed by atoms with Gasteiger partial charge in [0, 0.05) is 31.1 Å². The molecule has 0 saturated heterocycles. The minimum absolute atomic E-state index is 0.247. The maximum atomic E-state index is 11.8. The summed E-state index contributed by atoms with van der Waals surface area (Å²) in [5.74, 6) is 0.272. The van der Waals surface area contributed by atoms with Crippen LogP contribution in [0.2, 0.25) is 0 Å². The molecule has 0 unspecified atom stereocenters. The number of nitrogens with one attached hydrogen (secondary N) is 1. The summed E-state index contributed by atoms with van der Waals surface area (Å²) in [6, 6.07) is 1.73. The van der Waals surface area contributed by atoms with E-state index < -0.39 is 0 Å². The van der Waals surface area contributed by atoms with E-state index >= 15 is 0 Å². The molecule has 7 heteroatoms. The summed E-state index contributed by atoms with van der Waals surface area (Å²) >= 11 is 1.44. The molecule has 0 spiro atoms. The van der Waals surface area contributed by atoms with Gasteiger partial charge in [-0.05, 0) is 6.54 Å². The van der Waals surface area contributed by atoms with Gasteiger partial charge in [0.2, 0.25) is 0 Å². The summed E-state index contributed by atoms with van der Waals surface area (Å²) in [5, 5.41) is 9.34. The van der Waals surface area contributed by atoms with Crippen LogP contribution >= 0.6 is 11.3 Å².